The second-order valence-electron chi connectivity index (χ2n) is 4.53. The van der Waals surface area contributed by atoms with Crippen LogP contribution in [0.3, 0.4) is 0 Å². The number of hydrogen-bond donors (Lipinski definition) is 2. The minimum atomic E-state index is -0.616. The van der Waals surface area contributed by atoms with Crippen LogP contribution in [0.1, 0.15) is 13.8 Å². The molecule has 0 radical (unpaired) electrons. The fraction of sp³-hybridized carbons (Fsp3) is 0.429. The molecule has 1 atom stereocenters. The second-order valence-corrected chi connectivity index (χ2v) is 4.53. The van der Waals surface area contributed by atoms with E-state index in [0.717, 1.165) is 5.69 Å². The van der Waals surface area contributed by atoms with E-state index < -0.39 is 12.0 Å². The summed E-state index contributed by atoms with van der Waals surface area (Å²) in [5.41, 5.74) is 0.858. The van der Waals surface area contributed by atoms with Gasteiger partial charge < -0.3 is 15.4 Å². The lowest BCUT2D eigenvalue weighted by Crippen LogP contribution is -2.46. The first-order valence-corrected chi connectivity index (χ1v) is 6.20. The van der Waals surface area contributed by atoms with Gasteiger partial charge in [0.2, 0.25) is 5.91 Å². The third-order valence-electron chi connectivity index (χ3n) is 2.67. The van der Waals surface area contributed by atoms with Crippen molar-refractivity contribution in [1.82, 2.24) is 5.32 Å². The van der Waals surface area contributed by atoms with Gasteiger partial charge in [-0.25, -0.2) is 4.79 Å². The highest BCUT2D eigenvalue weighted by Crippen LogP contribution is 2.05. The van der Waals surface area contributed by atoms with Crippen molar-refractivity contribution >= 4 is 30.0 Å². The fourth-order valence-corrected chi connectivity index (χ4v) is 1.59. The van der Waals surface area contributed by atoms with Crippen LogP contribution in [0.5, 0.6) is 0 Å². The molecule has 0 saturated heterocycles. The number of amides is 1. The predicted octanol–water partition coefficient (Wildman–Crippen LogP) is 1.83. The van der Waals surface area contributed by atoms with E-state index in [1.165, 1.54) is 7.11 Å². The van der Waals surface area contributed by atoms with E-state index in [-0.39, 0.29) is 30.8 Å². The highest BCUT2D eigenvalue weighted by molar-refractivity contribution is 5.86. The van der Waals surface area contributed by atoms with Crippen molar-refractivity contribution in [3.05, 3.63) is 30.3 Å². The molecular formula is C14H21ClN2O3. The van der Waals surface area contributed by atoms with E-state index in [9.17, 15) is 9.59 Å². The van der Waals surface area contributed by atoms with Crippen LogP contribution in [0.2, 0.25) is 0 Å². The lowest BCUT2D eigenvalue weighted by Gasteiger charge is -2.20. The zero-order chi connectivity index (χ0) is 14.3. The summed E-state index contributed by atoms with van der Waals surface area (Å²) in [6, 6.07) is 8.78. The monoisotopic (exact) mass is 300 g/mol. The molecule has 0 heterocycles. The van der Waals surface area contributed by atoms with Crippen LogP contribution in [-0.4, -0.2) is 31.6 Å². The molecule has 0 aliphatic rings. The molecule has 1 aromatic rings. The Bertz CT molecular complexity index is 424. The number of halogens is 1. The molecule has 6 heteroatoms. The summed E-state index contributed by atoms with van der Waals surface area (Å²) in [7, 11) is 1.31. The Labute approximate surface area is 125 Å². The van der Waals surface area contributed by atoms with Gasteiger partial charge in [-0.2, -0.15) is 0 Å². The highest BCUT2D eigenvalue weighted by Gasteiger charge is 2.24. The minimum absolute atomic E-state index is 0. The van der Waals surface area contributed by atoms with Gasteiger partial charge in [-0.05, 0) is 18.1 Å². The van der Waals surface area contributed by atoms with Gasteiger partial charge >= 0.3 is 5.97 Å². The summed E-state index contributed by atoms with van der Waals surface area (Å²) in [5.74, 6) is -0.691. The van der Waals surface area contributed by atoms with Gasteiger partial charge in [-0.3, -0.25) is 4.79 Å². The number of carbonyl (C=O) groups is 2. The maximum atomic E-state index is 11.8. The number of methoxy groups -OCH3 is 1. The average molecular weight is 301 g/mol. The Balaban J connectivity index is 0.00000361. The van der Waals surface area contributed by atoms with Crippen molar-refractivity contribution in [3.63, 3.8) is 0 Å². The molecule has 0 aliphatic heterocycles. The van der Waals surface area contributed by atoms with Gasteiger partial charge in [-0.15, -0.1) is 12.4 Å². The number of ether oxygens (including phenoxy) is 1. The van der Waals surface area contributed by atoms with Gasteiger partial charge in [0.05, 0.1) is 13.7 Å². The zero-order valence-corrected chi connectivity index (χ0v) is 12.7. The third-order valence-corrected chi connectivity index (χ3v) is 2.67. The van der Waals surface area contributed by atoms with Gasteiger partial charge in [-0.1, -0.05) is 32.0 Å². The molecule has 2 N–H and O–H groups in total. The normalized spacial score (nSPS) is 11.2. The Morgan fingerprint density at radius 3 is 2.30 bits per heavy atom. The van der Waals surface area contributed by atoms with E-state index >= 15 is 0 Å². The summed E-state index contributed by atoms with van der Waals surface area (Å²) in [4.78, 5) is 23.3. The van der Waals surface area contributed by atoms with Gasteiger partial charge in [0.15, 0.2) is 0 Å². The minimum Gasteiger partial charge on any atom is -0.467 e. The lowest BCUT2D eigenvalue weighted by molar-refractivity contribution is -0.146. The van der Waals surface area contributed by atoms with Crippen LogP contribution >= 0.6 is 12.4 Å². The summed E-state index contributed by atoms with van der Waals surface area (Å²) in [5, 5.41) is 5.64. The standard InChI is InChI=1S/C14H20N2O3.ClH/c1-10(2)13(14(18)19-3)16-12(17)9-15-11-7-5-4-6-8-11;/h4-8,10,13,15H,9H2,1-3H3,(H,16,17);1H. The number of rotatable bonds is 6. The molecule has 5 nitrogen and oxygen atoms in total. The molecule has 0 fully saturated rings. The zero-order valence-electron chi connectivity index (χ0n) is 11.9. The van der Waals surface area contributed by atoms with Gasteiger partial charge in [0.1, 0.15) is 6.04 Å². The summed E-state index contributed by atoms with van der Waals surface area (Å²) in [6.07, 6.45) is 0. The number of hydrogen-bond acceptors (Lipinski definition) is 4. The van der Waals surface area contributed by atoms with Crippen molar-refractivity contribution in [3.8, 4) is 0 Å². The van der Waals surface area contributed by atoms with Gasteiger partial charge in [0, 0.05) is 5.69 Å². The SMILES string of the molecule is COC(=O)C(NC(=O)CNc1ccccc1)C(C)C.Cl. The molecule has 0 aromatic heterocycles. The average Bonchev–Trinajstić information content (AvgIpc) is 2.42. The first kappa shape index (κ1) is 18.2. The molecule has 0 saturated carbocycles. The van der Waals surface area contributed by atoms with Crippen LogP contribution in [0.4, 0.5) is 5.69 Å². The van der Waals surface area contributed by atoms with Crippen molar-refractivity contribution < 1.29 is 14.3 Å². The van der Waals surface area contributed by atoms with Crippen LogP contribution in [-0.2, 0) is 14.3 Å². The summed E-state index contributed by atoms with van der Waals surface area (Å²) in [6.45, 7) is 3.82. The van der Waals surface area contributed by atoms with E-state index in [1.54, 1.807) is 0 Å². The maximum Gasteiger partial charge on any atom is 0.328 e. The Morgan fingerprint density at radius 2 is 1.80 bits per heavy atom. The first-order chi connectivity index (χ1) is 9.04. The Morgan fingerprint density at radius 1 is 1.20 bits per heavy atom. The largest absolute Gasteiger partial charge is 0.467 e. The summed E-state index contributed by atoms with van der Waals surface area (Å²) < 4.78 is 4.66. The molecule has 20 heavy (non-hydrogen) atoms. The van der Waals surface area contributed by atoms with Crippen LogP contribution < -0.4 is 10.6 Å². The molecule has 112 valence electrons. The number of para-hydroxylation sites is 1. The predicted molar refractivity (Wildman–Crippen MR) is 81.0 cm³/mol. The molecular weight excluding hydrogens is 280 g/mol. The first-order valence-electron chi connectivity index (χ1n) is 6.20. The van der Waals surface area contributed by atoms with E-state index in [4.69, 9.17) is 0 Å². The van der Waals surface area contributed by atoms with Gasteiger partial charge in [0.25, 0.3) is 0 Å². The quantitative estimate of drug-likeness (QED) is 0.787. The maximum absolute atomic E-state index is 11.8. The molecule has 0 aliphatic carbocycles. The summed E-state index contributed by atoms with van der Waals surface area (Å²) >= 11 is 0. The number of nitrogens with one attached hydrogen (secondary N) is 2. The number of anilines is 1. The fourth-order valence-electron chi connectivity index (χ4n) is 1.59. The van der Waals surface area contributed by atoms with Crippen LogP contribution in [0, 0.1) is 5.92 Å². The smallest absolute Gasteiger partial charge is 0.328 e. The number of carbonyl (C=O) groups excluding carboxylic acids is 2. The molecule has 0 spiro atoms. The molecule has 1 aromatic carbocycles. The lowest BCUT2D eigenvalue weighted by atomic mass is 10.0. The third kappa shape index (κ3) is 5.93. The Kier molecular flexibility index (Phi) is 8.40. The second kappa shape index (κ2) is 9.20. The molecule has 1 amide bonds. The van der Waals surface area contributed by atoms with E-state index in [2.05, 4.69) is 15.4 Å². The van der Waals surface area contributed by atoms with Crippen molar-refractivity contribution in [1.29, 1.82) is 0 Å². The Hall–Kier alpha value is -1.75. The van der Waals surface area contributed by atoms with E-state index in [0.29, 0.717) is 0 Å². The van der Waals surface area contributed by atoms with Crippen molar-refractivity contribution in [2.75, 3.05) is 19.0 Å². The van der Waals surface area contributed by atoms with Crippen LogP contribution in [0.25, 0.3) is 0 Å². The molecule has 0 bridgehead atoms. The van der Waals surface area contributed by atoms with Crippen LogP contribution in [0.15, 0.2) is 30.3 Å². The van der Waals surface area contributed by atoms with Crippen molar-refractivity contribution in [2.45, 2.75) is 19.9 Å². The highest BCUT2D eigenvalue weighted by atomic mass is 35.5. The number of esters is 1. The topological polar surface area (TPSA) is 67.4 Å². The number of benzene rings is 1. The molecule has 1 unspecified atom stereocenters. The van der Waals surface area contributed by atoms with Crippen molar-refractivity contribution in [2.24, 2.45) is 5.92 Å². The van der Waals surface area contributed by atoms with E-state index in [1.807, 2.05) is 44.2 Å². The molecule has 1 rings (SSSR count).